The van der Waals surface area contributed by atoms with Gasteiger partial charge in [0.1, 0.15) is 5.75 Å². The largest absolute Gasteiger partial charge is 0.439 e. The number of aromatic nitrogens is 1. The fourth-order valence-electron chi connectivity index (χ4n) is 1.31. The normalized spacial score (nSPS) is 10.2. The monoisotopic (exact) mass is 231 g/mol. The minimum atomic E-state index is 0.00729. The molecule has 0 radical (unpaired) electrons. The number of aliphatic hydroxyl groups is 1. The van der Waals surface area contributed by atoms with E-state index in [-0.39, 0.29) is 12.4 Å². The first-order chi connectivity index (χ1) is 8.19. The van der Waals surface area contributed by atoms with E-state index in [1.54, 1.807) is 36.4 Å². The number of nitrogens with two attached hydrogens (primary N) is 2. The van der Waals surface area contributed by atoms with Crippen LogP contribution >= 0.6 is 0 Å². The SMILES string of the molecule is Nc1ccc(Oc2ccc(CO)cc2)nc1N. The third-order valence-corrected chi connectivity index (χ3v) is 2.26. The van der Waals surface area contributed by atoms with Crippen LogP contribution in [0.2, 0.25) is 0 Å². The van der Waals surface area contributed by atoms with Gasteiger partial charge in [0.25, 0.3) is 0 Å². The Kier molecular flexibility index (Phi) is 3.11. The summed E-state index contributed by atoms with van der Waals surface area (Å²) in [6.45, 7) is 0.00729. The number of rotatable bonds is 3. The van der Waals surface area contributed by atoms with E-state index in [1.807, 2.05) is 0 Å². The zero-order chi connectivity index (χ0) is 12.3. The summed E-state index contributed by atoms with van der Waals surface area (Å²) in [5, 5.41) is 8.90. The van der Waals surface area contributed by atoms with Crippen molar-refractivity contribution in [3.63, 3.8) is 0 Å². The molecule has 0 saturated heterocycles. The molecule has 0 fully saturated rings. The Morgan fingerprint density at radius 1 is 1.06 bits per heavy atom. The number of nitrogen functional groups attached to an aromatic ring is 2. The lowest BCUT2D eigenvalue weighted by molar-refractivity contribution is 0.281. The Bertz CT molecular complexity index is 512. The van der Waals surface area contributed by atoms with Crippen LogP contribution in [0.25, 0.3) is 0 Å². The van der Waals surface area contributed by atoms with Gasteiger partial charge >= 0.3 is 0 Å². The Hall–Kier alpha value is -2.27. The van der Waals surface area contributed by atoms with E-state index >= 15 is 0 Å². The highest BCUT2D eigenvalue weighted by Gasteiger charge is 2.02. The van der Waals surface area contributed by atoms with Crippen LogP contribution in [-0.4, -0.2) is 10.1 Å². The molecule has 0 bridgehead atoms. The van der Waals surface area contributed by atoms with E-state index in [0.717, 1.165) is 5.56 Å². The number of hydrogen-bond acceptors (Lipinski definition) is 5. The van der Waals surface area contributed by atoms with Crippen LogP contribution < -0.4 is 16.2 Å². The molecule has 5 N–H and O–H groups in total. The highest BCUT2D eigenvalue weighted by atomic mass is 16.5. The summed E-state index contributed by atoms with van der Waals surface area (Å²) in [7, 11) is 0. The van der Waals surface area contributed by atoms with Gasteiger partial charge in [-0.25, -0.2) is 0 Å². The molecule has 0 aliphatic rings. The highest BCUT2D eigenvalue weighted by Crippen LogP contribution is 2.22. The minimum absolute atomic E-state index is 0.00729. The molecule has 0 aliphatic carbocycles. The first-order valence-corrected chi connectivity index (χ1v) is 5.08. The predicted octanol–water partition coefficient (Wildman–Crippen LogP) is 1.53. The number of ether oxygens (including phenoxy) is 1. The number of anilines is 2. The molecule has 0 aliphatic heterocycles. The summed E-state index contributed by atoms with van der Waals surface area (Å²) in [6.07, 6.45) is 0. The topological polar surface area (TPSA) is 94.4 Å². The average molecular weight is 231 g/mol. The second-order valence-electron chi connectivity index (χ2n) is 3.53. The third kappa shape index (κ3) is 2.64. The van der Waals surface area contributed by atoms with Gasteiger partial charge in [0.15, 0.2) is 5.82 Å². The number of aliphatic hydroxyl groups excluding tert-OH is 1. The molecule has 0 saturated carbocycles. The number of hydrogen-bond donors (Lipinski definition) is 3. The summed E-state index contributed by atoms with van der Waals surface area (Å²) in [5.74, 6) is 1.25. The van der Waals surface area contributed by atoms with Gasteiger partial charge in [-0.15, -0.1) is 0 Å². The van der Waals surface area contributed by atoms with Gasteiger partial charge in [0.2, 0.25) is 5.88 Å². The van der Waals surface area contributed by atoms with Gasteiger partial charge in [-0.1, -0.05) is 12.1 Å². The van der Waals surface area contributed by atoms with Gasteiger partial charge in [-0.3, -0.25) is 0 Å². The minimum Gasteiger partial charge on any atom is -0.439 e. The van der Waals surface area contributed by atoms with E-state index in [9.17, 15) is 0 Å². The smallest absolute Gasteiger partial charge is 0.221 e. The molecule has 0 atom stereocenters. The predicted molar refractivity (Wildman–Crippen MR) is 65.5 cm³/mol. The molecule has 1 heterocycles. The number of pyridine rings is 1. The van der Waals surface area contributed by atoms with Crippen LogP contribution in [0.5, 0.6) is 11.6 Å². The lowest BCUT2D eigenvalue weighted by Crippen LogP contribution is -1.98. The molecule has 5 nitrogen and oxygen atoms in total. The van der Waals surface area contributed by atoms with E-state index in [4.69, 9.17) is 21.3 Å². The Balaban J connectivity index is 2.16. The lowest BCUT2D eigenvalue weighted by atomic mass is 10.2. The second-order valence-corrected chi connectivity index (χ2v) is 3.53. The lowest BCUT2D eigenvalue weighted by Gasteiger charge is -2.06. The van der Waals surface area contributed by atoms with Crippen molar-refractivity contribution in [2.24, 2.45) is 0 Å². The third-order valence-electron chi connectivity index (χ3n) is 2.26. The van der Waals surface area contributed by atoms with Crippen LogP contribution in [0.3, 0.4) is 0 Å². The van der Waals surface area contributed by atoms with Crippen molar-refractivity contribution in [1.82, 2.24) is 4.98 Å². The maximum Gasteiger partial charge on any atom is 0.221 e. The van der Waals surface area contributed by atoms with Crippen molar-refractivity contribution >= 4 is 11.5 Å². The fraction of sp³-hybridized carbons (Fsp3) is 0.0833. The molecule has 5 heteroatoms. The van der Waals surface area contributed by atoms with Crippen molar-refractivity contribution in [3.05, 3.63) is 42.0 Å². The van der Waals surface area contributed by atoms with Crippen molar-refractivity contribution in [2.75, 3.05) is 11.5 Å². The van der Waals surface area contributed by atoms with Gasteiger partial charge in [0.05, 0.1) is 12.3 Å². The Morgan fingerprint density at radius 2 is 1.76 bits per heavy atom. The highest BCUT2D eigenvalue weighted by molar-refractivity contribution is 5.58. The summed E-state index contributed by atoms with van der Waals surface area (Å²) in [4.78, 5) is 3.99. The molecule has 2 rings (SSSR count). The van der Waals surface area contributed by atoms with Gasteiger partial charge < -0.3 is 21.3 Å². The summed E-state index contributed by atoms with van der Waals surface area (Å²) < 4.78 is 5.49. The Labute approximate surface area is 98.7 Å². The van der Waals surface area contributed by atoms with Crippen molar-refractivity contribution in [2.45, 2.75) is 6.61 Å². The second kappa shape index (κ2) is 4.71. The van der Waals surface area contributed by atoms with Crippen LogP contribution in [-0.2, 0) is 6.61 Å². The van der Waals surface area contributed by atoms with Crippen molar-refractivity contribution in [1.29, 1.82) is 0 Å². The number of benzene rings is 1. The molecule has 0 spiro atoms. The standard InChI is InChI=1S/C12H13N3O2/c13-10-5-6-11(15-12(10)14)17-9-3-1-8(7-16)2-4-9/h1-6,16H,7,13H2,(H2,14,15). The van der Waals surface area contributed by atoms with Gasteiger partial charge in [-0.05, 0) is 23.8 Å². The van der Waals surface area contributed by atoms with Gasteiger partial charge in [-0.2, -0.15) is 4.98 Å². The summed E-state index contributed by atoms with van der Waals surface area (Å²) >= 11 is 0. The van der Waals surface area contributed by atoms with Gasteiger partial charge in [0, 0.05) is 6.07 Å². The first-order valence-electron chi connectivity index (χ1n) is 5.08. The van der Waals surface area contributed by atoms with E-state index < -0.39 is 0 Å². The fourth-order valence-corrected chi connectivity index (χ4v) is 1.31. The van der Waals surface area contributed by atoms with Crippen molar-refractivity contribution in [3.8, 4) is 11.6 Å². The molecule has 1 aromatic heterocycles. The molecule has 0 amide bonds. The van der Waals surface area contributed by atoms with E-state index in [1.165, 1.54) is 0 Å². The van der Waals surface area contributed by atoms with Crippen LogP contribution in [0.4, 0.5) is 11.5 Å². The molecular formula is C12H13N3O2. The van der Waals surface area contributed by atoms with Crippen LogP contribution in [0, 0.1) is 0 Å². The molecule has 17 heavy (non-hydrogen) atoms. The quantitative estimate of drug-likeness (QED) is 0.744. The van der Waals surface area contributed by atoms with E-state index in [2.05, 4.69) is 4.98 Å². The molecule has 2 aromatic rings. The zero-order valence-electron chi connectivity index (χ0n) is 9.13. The molecule has 1 aromatic carbocycles. The molecular weight excluding hydrogens is 218 g/mol. The number of nitrogens with zero attached hydrogens (tertiary/aromatic N) is 1. The van der Waals surface area contributed by atoms with E-state index in [0.29, 0.717) is 17.3 Å². The maximum atomic E-state index is 8.90. The summed E-state index contributed by atoms with van der Waals surface area (Å²) in [6, 6.07) is 10.3. The zero-order valence-corrected chi connectivity index (χ0v) is 9.13. The van der Waals surface area contributed by atoms with Crippen LogP contribution in [0.1, 0.15) is 5.56 Å². The molecule has 0 unspecified atom stereocenters. The van der Waals surface area contributed by atoms with Crippen LogP contribution in [0.15, 0.2) is 36.4 Å². The first kappa shape index (κ1) is 11.2. The molecule has 88 valence electrons. The average Bonchev–Trinajstić information content (AvgIpc) is 2.35. The summed E-state index contributed by atoms with van der Waals surface area (Å²) in [5.41, 5.74) is 12.4. The van der Waals surface area contributed by atoms with Crippen molar-refractivity contribution < 1.29 is 9.84 Å². The maximum absolute atomic E-state index is 8.90. The Morgan fingerprint density at radius 3 is 2.35 bits per heavy atom.